The van der Waals surface area contributed by atoms with Crippen molar-refractivity contribution in [2.24, 2.45) is 20.9 Å². The lowest BCUT2D eigenvalue weighted by molar-refractivity contribution is -0.137. The smallest absolute Gasteiger partial charge is 0.303 e. The van der Waals surface area contributed by atoms with Crippen LogP contribution in [0.15, 0.2) is 114 Å². The number of hydrogen-bond donors (Lipinski definition) is 5. The van der Waals surface area contributed by atoms with Gasteiger partial charge in [-0.25, -0.2) is 15.0 Å². The summed E-state index contributed by atoms with van der Waals surface area (Å²) in [6.07, 6.45) is 20.7. The summed E-state index contributed by atoms with van der Waals surface area (Å²) < 4.78 is 0. The van der Waals surface area contributed by atoms with E-state index in [2.05, 4.69) is 51.4 Å². The maximum absolute atomic E-state index is 11.9. The molecule has 1 aromatic rings. The maximum atomic E-state index is 11.9. The summed E-state index contributed by atoms with van der Waals surface area (Å²) >= 11 is 0. The zero-order valence-electron chi connectivity index (χ0n) is 35.7. The number of aliphatic carboxylic acids is 2. The number of carbonyl (C=O) groups is 2. The summed E-state index contributed by atoms with van der Waals surface area (Å²) in [5, 5.41) is 43.3. The van der Waals surface area contributed by atoms with Crippen molar-refractivity contribution < 1.29 is 30.0 Å². The topological polar surface area (TPSA) is 168 Å². The first-order valence-corrected chi connectivity index (χ1v) is 20.8. The summed E-state index contributed by atoms with van der Waals surface area (Å²) in [5.41, 5.74) is 11.7. The molecule has 0 amide bonds. The van der Waals surface area contributed by atoms with E-state index in [0.29, 0.717) is 57.7 Å². The monoisotopic (exact) mass is 800 g/mol. The summed E-state index contributed by atoms with van der Waals surface area (Å²) in [5.74, 6) is -1.42. The molecule has 0 saturated heterocycles. The van der Waals surface area contributed by atoms with Gasteiger partial charge in [-0.3, -0.25) is 9.59 Å². The third-order valence-corrected chi connectivity index (χ3v) is 11.6. The van der Waals surface area contributed by atoms with Crippen LogP contribution in [-0.4, -0.2) is 60.6 Å². The van der Waals surface area contributed by atoms with Crippen molar-refractivity contribution in [1.29, 1.82) is 0 Å². The lowest BCUT2D eigenvalue weighted by Gasteiger charge is -2.16. The Labute approximate surface area is 348 Å². The second kappa shape index (κ2) is 19.9. The van der Waals surface area contributed by atoms with Crippen LogP contribution in [0.5, 0.6) is 0 Å². The fourth-order valence-corrected chi connectivity index (χ4v) is 8.09. The van der Waals surface area contributed by atoms with Crippen LogP contribution in [0.1, 0.15) is 123 Å². The van der Waals surface area contributed by atoms with Gasteiger partial charge in [-0.1, -0.05) is 55.7 Å². The normalized spacial score (nSPS) is 18.2. The number of H-pyrrole nitrogens is 1. The zero-order chi connectivity index (χ0) is 43.0. The van der Waals surface area contributed by atoms with Gasteiger partial charge in [-0.2, -0.15) is 0 Å². The van der Waals surface area contributed by atoms with Crippen molar-refractivity contribution in [3.8, 4) is 0 Å². The van der Waals surface area contributed by atoms with Crippen molar-refractivity contribution in [1.82, 2.24) is 4.98 Å². The number of carboxylic acids is 2. The molecule has 5 N–H and O–H groups in total. The van der Waals surface area contributed by atoms with Crippen molar-refractivity contribution in [3.05, 3.63) is 121 Å². The molecule has 2 atom stereocenters. The van der Waals surface area contributed by atoms with Crippen LogP contribution in [-0.2, 0) is 9.59 Å². The predicted octanol–water partition coefficient (Wildman–Crippen LogP) is 9.37. The van der Waals surface area contributed by atoms with Gasteiger partial charge in [-0.05, 0) is 145 Å². The van der Waals surface area contributed by atoms with E-state index in [9.17, 15) is 30.0 Å². The number of hydrogen-bond acceptors (Lipinski definition) is 7. The highest BCUT2D eigenvalue weighted by Gasteiger charge is 2.30. The third kappa shape index (κ3) is 10.9. The lowest BCUT2D eigenvalue weighted by atomic mass is 9.92. The summed E-state index contributed by atoms with van der Waals surface area (Å²) in [4.78, 5) is 42.0. The summed E-state index contributed by atoms with van der Waals surface area (Å²) in [6.45, 7) is 18.7. The van der Waals surface area contributed by atoms with Crippen LogP contribution in [0.2, 0.25) is 0 Å². The molecule has 0 spiro atoms. The van der Waals surface area contributed by atoms with Crippen LogP contribution in [0.4, 0.5) is 0 Å². The molecule has 0 aromatic carbocycles. The van der Waals surface area contributed by atoms with Crippen molar-refractivity contribution in [2.75, 3.05) is 0 Å². The Bertz CT molecular complexity index is 2380. The van der Waals surface area contributed by atoms with Gasteiger partial charge in [0.15, 0.2) is 0 Å². The first-order chi connectivity index (χ1) is 28.1. The molecule has 1 unspecified atom stereocenters. The molecule has 0 saturated carbocycles. The molecule has 8 bridgehead atoms. The fraction of sp³-hybridized carbons (Fsp3) is 0.408. The molecule has 59 heavy (non-hydrogen) atoms. The van der Waals surface area contributed by atoms with Crippen LogP contribution in [0.3, 0.4) is 0 Å². The molecule has 4 aliphatic rings. The molecule has 0 aliphatic carbocycles. The number of aromatic nitrogens is 1. The van der Waals surface area contributed by atoms with Gasteiger partial charge in [0.05, 0.1) is 46.6 Å². The lowest BCUT2D eigenvalue weighted by Crippen LogP contribution is -2.20. The Morgan fingerprint density at radius 3 is 2.12 bits per heavy atom. The Balaban J connectivity index is 1.55. The van der Waals surface area contributed by atoms with Crippen molar-refractivity contribution >= 4 is 47.3 Å². The van der Waals surface area contributed by atoms with Crippen LogP contribution in [0, 0.1) is 12.8 Å². The van der Waals surface area contributed by atoms with E-state index in [0.717, 1.165) is 88.9 Å². The molecule has 4 aliphatic heterocycles. The van der Waals surface area contributed by atoms with Gasteiger partial charge in [0.1, 0.15) is 0 Å². The Morgan fingerprint density at radius 1 is 0.780 bits per heavy atom. The van der Waals surface area contributed by atoms with Crippen molar-refractivity contribution in [2.45, 2.75) is 125 Å². The Morgan fingerprint density at radius 2 is 1.46 bits per heavy atom. The standard InChI is InChI=1S/C49H60N4O6/c1-9-34-31(6)39-25-45-49(46(55)18-12-17-30(5)16-11-15-29(4)14-10-13-28(2)3)33(8)40(52-45)24-44-37(27-54)36(20-22-48(58)59)43(53-44)26-42-35(19-21-47(56)57)32(7)38(51-42)23-41(34)50-39/h9,13,15,23-27,30,46,50,54-55H,1,10-12,14,16-22H2,2-8H3,(H,56,57)(H,58,59)/b29-15+,37-27?,39-25?,40-24?,41-23?,42-26?/t30?,46-/m0/s1. The molecule has 10 heteroatoms. The molecule has 5 heterocycles. The minimum absolute atomic E-state index is 0.0888. The number of rotatable bonds is 18. The average molecular weight is 801 g/mol. The van der Waals surface area contributed by atoms with E-state index in [1.165, 1.54) is 11.1 Å². The average Bonchev–Trinajstić information content (AvgIpc) is 3.85. The Kier molecular flexibility index (Phi) is 15.0. The van der Waals surface area contributed by atoms with E-state index >= 15 is 0 Å². The van der Waals surface area contributed by atoms with E-state index in [1.54, 1.807) is 18.2 Å². The SMILES string of the molecule is C=Cc1c(C)c2[nH]c1=CC1=NC(=CC3=C(CCC(=O)O)C(=CO)C(=N3)C=C3N=C(C=2)C([C@@H](O)CCCC(C)CC/C=C(\C)CCC=C(C)C)=C3C)C(CCC(=O)O)=C1C. The first kappa shape index (κ1) is 44.5. The number of aliphatic imine (C=N–C) groups is 3. The van der Waals surface area contributed by atoms with Crippen LogP contribution < -0.4 is 10.7 Å². The number of nitrogens with zero attached hydrogens (tertiary/aromatic N) is 3. The van der Waals surface area contributed by atoms with Gasteiger partial charge in [0.25, 0.3) is 0 Å². The predicted molar refractivity (Wildman–Crippen MR) is 240 cm³/mol. The second-order valence-corrected chi connectivity index (χ2v) is 16.4. The van der Waals surface area contributed by atoms with Crippen LogP contribution in [0.25, 0.3) is 18.2 Å². The van der Waals surface area contributed by atoms with E-state index in [-0.39, 0.29) is 25.7 Å². The number of nitrogens with one attached hydrogen (secondary N) is 1. The molecular formula is C49H60N4O6. The highest BCUT2D eigenvalue weighted by atomic mass is 16.4. The number of aliphatic hydroxyl groups excluding tert-OH is 2. The maximum Gasteiger partial charge on any atom is 0.303 e. The number of carboxylic acid groups (broad SMARTS) is 2. The summed E-state index contributed by atoms with van der Waals surface area (Å²) in [6, 6.07) is 0. The fourth-order valence-electron chi connectivity index (χ4n) is 8.09. The van der Waals surface area contributed by atoms with E-state index in [4.69, 9.17) is 15.0 Å². The second-order valence-electron chi connectivity index (χ2n) is 16.4. The largest absolute Gasteiger partial charge is 0.515 e. The molecule has 5 rings (SSSR count). The number of allylic oxidation sites excluding steroid dienone is 11. The third-order valence-electron chi connectivity index (χ3n) is 11.6. The molecule has 0 radical (unpaired) electrons. The number of fused-ring (bicyclic) bond motifs is 5. The molecule has 0 fully saturated rings. The van der Waals surface area contributed by atoms with Crippen LogP contribution >= 0.6 is 0 Å². The highest BCUT2D eigenvalue weighted by molar-refractivity contribution is 6.25. The van der Waals surface area contributed by atoms with Gasteiger partial charge in [-0.15, -0.1) is 0 Å². The van der Waals surface area contributed by atoms with E-state index < -0.39 is 18.0 Å². The quantitative estimate of drug-likeness (QED) is 0.0733. The Hall–Kier alpha value is -5.61. The minimum Gasteiger partial charge on any atom is -0.515 e. The number of aromatic amines is 1. The van der Waals surface area contributed by atoms with Gasteiger partial charge >= 0.3 is 11.9 Å². The molecule has 312 valence electrons. The van der Waals surface area contributed by atoms with E-state index in [1.807, 2.05) is 32.9 Å². The van der Waals surface area contributed by atoms with Crippen molar-refractivity contribution in [3.63, 3.8) is 0 Å². The highest BCUT2D eigenvalue weighted by Crippen LogP contribution is 2.38. The number of aliphatic hydroxyl groups is 2. The zero-order valence-corrected chi connectivity index (χ0v) is 35.7. The first-order valence-electron chi connectivity index (χ1n) is 20.8. The summed E-state index contributed by atoms with van der Waals surface area (Å²) in [7, 11) is 0. The van der Waals surface area contributed by atoms with Gasteiger partial charge in [0.2, 0.25) is 0 Å². The van der Waals surface area contributed by atoms with Gasteiger partial charge in [0, 0.05) is 40.2 Å². The van der Waals surface area contributed by atoms with Gasteiger partial charge < -0.3 is 25.4 Å². The molecular weight excluding hydrogens is 741 g/mol. The molecule has 10 nitrogen and oxygen atoms in total. The molecule has 1 aromatic heterocycles. The minimum atomic E-state index is -0.996.